The summed E-state index contributed by atoms with van der Waals surface area (Å²) in [6.45, 7) is 9.63. The van der Waals surface area contributed by atoms with Crippen LogP contribution in [0.3, 0.4) is 0 Å². The van der Waals surface area contributed by atoms with E-state index >= 15 is 0 Å². The summed E-state index contributed by atoms with van der Waals surface area (Å²) in [7, 11) is 2.14. The highest BCUT2D eigenvalue weighted by atomic mass is 32.1. The van der Waals surface area contributed by atoms with Crippen molar-refractivity contribution in [2.45, 2.75) is 20.3 Å². The number of nitrogens with zero attached hydrogens (tertiary/aromatic N) is 2. The minimum absolute atomic E-state index is 1.08. The van der Waals surface area contributed by atoms with Gasteiger partial charge in [-0.3, -0.25) is 0 Å². The zero-order chi connectivity index (χ0) is 15.7. The van der Waals surface area contributed by atoms with Crippen molar-refractivity contribution in [3.8, 4) is 0 Å². The summed E-state index contributed by atoms with van der Waals surface area (Å²) in [4.78, 5) is 0. The lowest BCUT2D eigenvalue weighted by Gasteiger charge is -2.01. The van der Waals surface area contributed by atoms with Gasteiger partial charge in [-0.05, 0) is 30.7 Å². The second kappa shape index (κ2) is 6.01. The van der Waals surface area contributed by atoms with E-state index in [9.17, 15) is 0 Å². The van der Waals surface area contributed by atoms with Gasteiger partial charge in [0, 0.05) is 24.6 Å². The van der Waals surface area contributed by atoms with Crippen molar-refractivity contribution in [1.29, 1.82) is 0 Å². The summed E-state index contributed by atoms with van der Waals surface area (Å²) in [6, 6.07) is 6.53. The lowest BCUT2D eigenvalue weighted by Crippen LogP contribution is -2.32. The SMILES string of the molecule is C=[n+]1c(=C2C=CC(=[N+](C)CCC)C=C2)sc2cc(C)ccc21. The lowest BCUT2D eigenvalue weighted by atomic mass is 10.1. The summed E-state index contributed by atoms with van der Waals surface area (Å²) >= 11 is 1.80. The van der Waals surface area contributed by atoms with E-state index in [1.54, 1.807) is 11.3 Å². The van der Waals surface area contributed by atoms with Gasteiger partial charge in [0.05, 0.1) is 5.57 Å². The highest BCUT2D eigenvalue weighted by molar-refractivity contribution is 7.16. The van der Waals surface area contributed by atoms with E-state index in [1.807, 2.05) is 4.24 Å². The molecule has 1 heterocycles. The Bertz CT molecular complexity index is 908. The first-order chi connectivity index (χ1) is 10.6. The largest absolute Gasteiger partial charge is 0.274 e. The normalized spacial score (nSPS) is 14.1. The molecule has 1 aromatic carbocycles. The van der Waals surface area contributed by atoms with Crippen LogP contribution in [0.15, 0.2) is 42.5 Å². The molecule has 1 aliphatic rings. The number of aryl methyl sites for hydroxylation is 1. The fraction of sp³-hybridized carbons (Fsp3) is 0.263. The zero-order valence-electron chi connectivity index (χ0n) is 13.5. The molecule has 0 saturated heterocycles. The molecule has 0 spiro atoms. The van der Waals surface area contributed by atoms with Gasteiger partial charge in [-0.25, -0.2) is 4.58 Å². The van der Waals surface area contributed by atoms with Gasteiger partial charge >= 0.3 is 0 Å². The molecule has 0 N–H and O–H groups in total. The Hall–Kier alpha value is -2.00. The fourth-order valence-corrected chi connectivity index (χ4v) is 3.93. The Morgan fingerprint density at radius 1 is 1.18 bits per heavy atom. The van der Waals surface area contributed by atoms with Gasteiger partial charge in [-0.1, -0.05) is 24.3 Å². The maximum absolute atomic E-state index is 4.22. The van der Waals surface area contributed by atoms with E-state index < -0.39 is 0 Å². The maximum Gasteiger partial charge on any atom is 0.274 e. The molecule has 2 nitrogen and oxygen atoms in total. The minimum Gasteiger partial charge on any atom is -0.233 e. The number of fused-ring (bicyclic) bond motifs is 1. The van der Waals surface area contributed by atoms with E-state index in [4.69, 9.17) is 0 Å². The third-order valence-corrected chi connectivity index (χ3v) is 5.17. The van der Waals surface area contributed by atoms with E-state index in [0.717, 1.165) is 13.0 Å². The molecule has 0 radical (unpaired) electrons. The molecule has 3 rings (SSSR count). The van der Waals surface area contributed by atoms with Crippen molar-refractivity contribution in [3.05, 3.63) is 59.4 Å². The predicted molar refractivity (Wildman–Crippen MR) is 95.2 cm³/mol. The summed E-state index contributed by atoms with van der Waals surface area (Å²) in [5, 5.41) is 0. The molecule has 22 heavy (non-hydrogen) atoms. The molecule has 1 aromatic heterocycles. The predicted octanol–water partition coefficient (Wildman–Crippen LogP) is 2.91. The molecule has 0 atom stereocenters. The van der Waals surface area contributed by atoms with Crippen LogP contribution in [-0.4, -0.2) is 23.9 Å². The number of rotatable bonds is 2. The second-order valence-electron chi connectivity index (χ2n) is 5.77. The van der Waals surface area contributed by atoms with E-state index in [2.05, 4.69) is 74.7 Å². The molecule has 0 saturated carbocycles. The molecular weight excluding hydrogens is 288 g/mol. The van der Waals surface area contributed by atoms with Gasteiger partial charge in [-0.15, -0.1) is 0 Å². The lowest BCUT2D eigenvalue weighted by molar-refractivity contribution is -0.495. The monoisotopic (exact) mass is 310 g/mol. The van der Waals surface area contributed by atoms with Gasteiger partial charge in [0.1, 0.15) is 25.0 Å². The Labute approximate surface area is 135 Å². The summed E-state index contributed by atoms with van der Waals surface area (Å²) in [5.74, 6) is 0. The van der Waals surface area contributed by atoms with Crippen LogP contribution in [0.4, 0.5) is 0 Å². The van der Waals surface area contributed by atoms with Crippen LogP contribution in [0, 0.1) is 13.6 Å². The van der Waals surface area contributed by atoms with Crippen molar-refractivity contribution in [2.75, 3.05) is 13.6 Å². The average molecular weight is 310 g/mol. The highest BCUT2D eigenvalue weighted by Crippen LogP contribution is 2.16. The van der Waals surface area contributed by atoms with Gasteiger partial charge in [0.25, 0.3) is 4.66 Å². The first kappa shape index (κ1) is 14.9. The van der Waals surface area contributed by atoms with Crippen molar-refractivity contribution >= 4 is 32.8 Å². The van der Waals surface area contributed by atoms with Gasteiger partial charge < -0.3 is 0 Å². The molecule has 0 bridgehead atoms. The number of hydrogen-bond donors (Lipinski definition) is 0. The number of thiazole rings is 1. The van der Waals surface area contributed by atoms with E-state index in [1.165, 1.54) is 31.7 Å². The second-order valence-corrected chi connectivity index (χ2v) is 6.81. The smallest absolute Gasteiger partial charge is 0.233 e. The Kier molecular flexibility index (Phi) is 4.08. The quantitative estimate of drug-likeness (QED) is 0.754. The fourth-order valence-electron chi connectivity index (χ4n) is 2.73. The van der Waals surface area contributed by atoms with E-state index in [-0.39, 0.29) is 0 Å². The summed E-state index contributed by atoms with van der Waals surface area (Å²) in [6.07, 6.45) is 9.94. The van der Waals surface area contributed by atoms with E-state index in [0.29, 0.717) is 0 Å². The average Bonchev–Trinajstić information content (AvgIpc) is 2.84. The number of hydrogen-bond acceptors (Lipinski definition) is 1. The topological polar surface area (TPSA) is 8.91 Å². The molecule has 112 valence electrons. The molecule has 0 unspecified atom stereocenters. The molecule has 3 heteroatoms. The van der Waals surface area contributed by atoms with Crippen molar-refractivity contribution in [2.24, 2.45) is 0 Å². The summed E-state index contributed by atoms with van der Waals surface area (Å²) < 4.78 is 6.82. The third-order valence-electron chi connectivity index (χ3n) is 3.97. The maximum atomic E-state index is 4.22. The van der Waals surface area contributed by atoms with Crippen molar-refractivity contribution in [3.63, 3.8) is 0 Å². The Morgan fingerprint density at radius 2 is 1.91 bits per heavy atom. The third kappa shape index (κ3) is 2.69. The van der Waals surface area contributed by atoms with Crippen LogP contribution >= 0.6 is 11.3 Å². The van der Waals surface area contributed by atoms with Crippen LogP contribution in [0.1, 0.15) is 18.9 Å². The summed E-state index contributed by atoms with van der Waals surface area (Å²) in [5.41, 5.74) is 4.97. The molecule has 0 fully saturated rings. The molecule has 2 aromatic rings. The van der Waals surface area contributed by atoms with Crippen molar-refractivity contribution < 1.29 is 8.82 Å². The molecular formula is C19H22N2S+2. The minimum atomic E-state index is 1.08. The van der Waals surface area contributed by atoms with Gasteiger partial charge in [-0.2, -0.15) is 4.24 Å². The molecule has 0 aliphatic heterocycles. The van der Waals surface area contributed by atoms with Crippen LogP contribution in [0.25, 0.3) is 15.8 Å². The first-order valence-electron chi connectivity index (χ1n) is 7.68. The first-order valence-corrected chi connectivity index (χ1v) is 8.49. The zero-order valence-corrected chi connectivity index (χ0v) is 14.3. The van der Waals surface area contributed by atoms with Crippen LogP contribution in [0.2, 0.25) is 0 Å². The van der Waals surface area contributed by atoms with Crippen LogP contribution < -0.4 is 8.91 Å². The number of allylic oxidation sites excluding steroid dienone is 4. The van der Waals surface area contributed by atoms with Gasteiger partial charge in [0.2, 0.25) is 5.52 Å². The Morgan fingerprint density at radius 3 is 2.59 bits per heavy atom. The van der Waals surface area contributed by atoms with Gasteiger partial charge in [0.15, 0.2) is 5.71 Å². The van der Waals surface area contributed by atoms with Crippen LogP contribution in [0.5, 0.6) is 0 Å². The standard InChI is InChI=1S/C19H22N2S/c1-5-12-20(3)16-9-7-15(8-10-16)19-21(4)17-11-6-14(2)13-18(17)22-19/h6-11,13H,4-5,12H2,1-3H3/q+2. The molecule has 0 amide bonds. The van der Waals surface area contributed by atoms with Crippen LogP contribution in [-0.2, 0) is 0 Å². The highest BCUT2D eigenvalue weighted by Gasteiger charge is 2.14. The number of benzene rings is 1. The molecule has 1 aliphatic carbocycles. The Balaban J connectivity index is 2.12. The van der Waals surface area contributed by atoms with Crippen molar-refractivity contribution in [1.82, 2.24) is 0 Å². The number of aromatic nitrogens is 1.